The molecule has 1 saturated heterocycles. The van der Waals surface area contributed by atoms with Crippen molar-refractivity contribution in [1.29, 1.82) is 0 Å². The minimum atomic E-state index is -3.99. The van der Waals surface area contributed by atoms with Crippen molar-refractivity contribution in [2.75, 3.05) is 13.2 Å². The second-order valence-corrected chi connectivity index (χ2v) is 17.0. The zero-order valence-corrected chi connectivity index (χ0v) is 30.2. The Morgan fingerprint density at radius 1 is 1.14 bits per heavy atom. The lowest BCUT2D eigenvalue weighted by Crippen LogP contribution is -2.59. The van der Waals surface area contributed by atoms with Gasteiger partial charge in [-0.2, -0.15) is 0 Å². The van der Waals surface area contributed by atoms with Crippen LogP contribution in [0.5, 0.6) is 11.5 Å². The van der Waals surface area contributed by atoms with Crippen molar-refractivity contribution in [2.24, 2.45) is 17.8 Å². The molecule has 3 fully saturated rings. The van der Waals surface area contributed by atoms with E-state index in [0.717, 1.165) is 17.3 Å². The molecule has 0 unspecified atom stereocenters. The van der Waals surface area contributed by atoms with Crippen molar-refractivity contribution in [3.05, 3.63) is 42.6 Å². The Bertz CT molecular complexity index is 1850. The molecule has 3 heterocycles. The van der Waals surface area contributed by atoms with E-state index in [2.05, 4.69) is 20.3 Å². The molecule has 2 aromatic rings. The molecule has 0 bridgehead atoms. The summed E-state index contributed by atoms with van der Waals surface area (Å²) < 4.78 is 39.3. The van der Waals surface area contributed by atoms with Crippen LogP contribution in [-0.2, 0) is 24.4 Å². The van der Waals surface area contributed by atoms with Crippen molar-refractivity contribution >= 4 is 44.7 Å². The van der Waals surface area contributed by atoms with Crippen LogP contribution in [-0.4, -0.2) is 88.8 Å². The normalized spacial score (nSPS) is 31.2. The lowest BCUT2D eigenvalue weighted by Gasteiger charge is -2.32. The van der Waals surface area contributed by atoms with Gasteiger partial charge in [0.1, 0.15) is 35.2 Å². The summed E-state index contributed by atoms with van der Waals surface area (Å²) in [5.41, 5.74) is -0.808. The summed E-state index contributed by atoms with van der Waals surface area (Å²) in [6.07, 6.45) is 6.33. The lowest BCUT2D eigenvalue weighted by molar-refractivity contribution is -0.142. The summed E-state index contributed by atoms with van der Waals surface area (Å²) in [4.78, 5) is 60.1. The fraction of sp³-hybridized carbons (Fsp3) is 0.583. The number of hydrogen-bond acceptors (Lipinski definition) is 9. The van der Waals surface area contributed by atoms with Gasteiger partial charge in [-0.25, -0.2) is 13.2 Å². The van der Waals surface area contributed by atoms with E-state index in [9.17, 15) is 32.7 Å². The molecular weight excluding hydrogens is 678 g/mol. The van der Waals surface area contributed by atoms with Crippen LogP contribution in [0.1, 0.15) is 72.6 Å². The van der Waals surface area contributed by atoms with Crippen molar-refractivity contribution in [3.63, 3.8) is 0 Å². The lowest BCUT2D eigenvalue weighted by atomic mass is 9.88. The summed E-state index contributed by atoms with van der Waals surface area (Å²) in [6.45, 7) is 7.77. The number of aromatic nitrogens is 1. The second kappa shape index (κ2) is 14.0. The number of carbonyl (C=O) groups excluding carboxylic acids is 3. The summed E-state index contributed by atoms with van der Waals surface area (Å²) in [7, 11) is -3.99. The highest BCUT2D eigenvalue weighted by Crippen LogP contribution is 2.47. The molecule has 7 atom stereocenters. The van der Waals surface area contributed by atoms with Gasteiger partial charge in [0.15, 0.2) is 0 Å². The molecule has 4 aliphatic rings. The number of nitrogens with one attached hydrogen (secondary N) is 3. The Balaban J connectivity index is 1.31. The van der Waals surface area contributed by atoms with Crippen molar-refractivity contribution in [3.8, 4) is 11.5 Å². The molecule has 15 heteroatoms. The number of amides is 4. The number of carboxylic acid groups (broad SMARTS) is 1. The number of allylic oxidation sites excluding steroid dienone is 1. The first-order valence-corrected chi connectivity index (χ1v) is 19.2. The fourth-order valence-electron chi connectivity index (χ4n) is 7.33. The maximum absolute atomic E-state index is 14.3. The SMILES string of the molecule is CCOc1ccc2ncc(O[C@@H]3C[C@H]4C(=O)N[C@]5(C(=O)NS(=O)(=O)C6(C)CC6)C[C@H]5/C=C\CC[C@@H](C)C[C@@H](C)[C@H](NC(=O)O)C(=O)N4C3)cc2c1. The van der Waals surface area contributed by atoms with E-state index < -0.39 is 74.1 Å². The third-order valence-electron chi connectivity index (χ3n) is 10.8. The van der Waals surface area contributed by atoms with Crippen LogP contribution in [0, 0.1) is 17.8 Å². The Hall–Kier alpha value is -4.40. The van der Waals surface area contributed by atoms with E-state index in [4.69, 9.17) is 9.47 Å². The molecule has 2 aliphatic heterocycles. The molecule has 1 aromatic carbocycles. The van der Waals surface area contributed by atoms with Crippen molar-refractivity contribution in [2.45, 2.75) is 101 Å². The minimum Gasteiger partial charge on any atom is -0.494 e. The summed E-state index contributed by atoms with van der Waals surface area (Å²) in [5, 5.41) is 15.8. The van der Waals surface area contributed by atoms with Gasteiger partial charge in [-0.1, -0.05) is 26.0 Å². The average Bonchev–Trinajstić information content (AvgIpc) is 3.95. The van der Waals surface area contributed by atoms with Gasteiger partial charge in [0.2, 0.25) is 21.8 Å². The molecule has 14 nitrogen and oxygen atoms in total. The quantitative estimate of drug-likeness (QED) is 0.293. The molecule has 276 valence electrons. The van der Waals surface area contributed by atoms with E-state index in [0.29, 0.717) is 43.8 Å². The van der Waals surface area contributed by atoms with Crippen LogP contribution in [0.3, 0.4) is 0 Å². The summed E-state index contributed by atoms with van der Waals surface area (Å²) in [5.74, 6) is -1.69. The Kier molecular flexibility index (Phi) is 9.96. The maximum Gasteiger partial charge on any atom is 0.405 e. The molecule has 6 rings (SSSR count). The van der Waals surface area contributed by atoms with Gasteiger partial charge < -0.3 is 30.1 Å². The topological polar surface area (TPSA) is 193 Å². The molecule has 2 aliphatic carbocycles. The predicted octanol–water partition coefficient (Wildman–Crippen LogP) is 3.50. The number of ether oxygens (including phenoxy) is 2. The summed E-state index contributed by atoms with van der Waals surface area (Å²) >= 11 is 0. The Labute approximate surface area is 297 Å². The van der Waals surface area contributed by atoms with Gasteiger partial charge in [0.25, 0.3) is 5.91 Å². The molecule has 0 radical (unpaired) electrons. The molecule has 51 heavy (non-hydrogen) atoms. The third kappa shape index (κ3) is 7.63. The second-order valence-electron chi connectivity index (χ2n) is 14.8. The van der Waals surface area contributed by atoms with Gasteiger partial charge in [-0.15, -0.1) is 0 Å². The van der Waals surface area contributed by atoms with E-state index >= 15 is 0 Å². The smallest absolute Gasteiger partial charge is 0.405 e. The number of rotatable bonds is 8. The van der Waals surface area contributed by atoms with Gasteiger partial charge in [-0.3, -0.25) is 24.1 Å². The Morgan fingerprint density at radius 3 is 2.59 bits per heavy atom. The number of sulfonamides is 1. The highest BCUT2D eigenvalue weighted by atomic mass is 32.2. The molecule has 2 saturated carbocycles. The van der Waals surface area contributed by atoms with Gasteiger partial charge in [0.05, 0.1) is 29.6 Å². The number of hydrogen-bond donors (Lipinski definition) is 4. The molecule has 0 spiro atoms. The maximum atomic E-state index is 14.3. The third-order valence-corrected chi connectivity index (χ3v) is 12.9. The number of benzene rings is 1. The molecule has 4 N–H and O–H groups in total. The number of pyridine rings is 1. The van der Waals surface area contributed by atoms with E-state index in [1.807, 2.05) is 51.1 Å². The first-order valence-electron chi connectivity index (χ1n) is 17.7. The van der Waals surface area contributed by atoms with Crippen LogP contribution in [0.25, 0.3) is 10.9 Å². The van der Waals surface area contributed by atoms with Crippen molar-refractivity contribution < 1.29 is 42.2 Å². The monoisotopic (exact) mass is 725 g/mol. The minimum absolute atomic E-state index is 0.0355. The van der Waals surface area contributed by atoms with Crippen LogP contribution in [0.2, 0.25) is 0 Å². The largest absolute Gasteiger partial charge is 0.494 e. The first-order chi connectivity index (χ1) is 24.1. The van der Waals surface area contributed by atoms with Crippen LogP contribution in [0.4, 0.5) is 4.79 Å². The Morgan fingerprint density at radius 2 is 1.88 bits per heavy atom. The zero-order chi connectivity index (χ0) is 36.7. The number of fused-ring (bicyclic) bond motifs is 3. The molecule has 1 aromatic heterocycles. The van der Waals surface area contributed by atoms with Crippen LogP contribution in [0.15, 0.2) is 42.6 Å². The van der Waals surface area contributed by atoms with Gasteiger partial charge >= 0.3 is 6.09 Å². The predicted molar refractivity (Wildman–Crippen MR) is 187 cm³/mol. The number of carbonyl (C=O) groups is 4. The number of nitrogens with zero attached hydrogens (tertiary/aromatic N) is 2. The van der Waals surface area contributed by atoms with Gasteiger partial charge in [-0.05, 0) is 88.5 Å². The van der Waals surface area contributed by atoms with Gasteiger partial charge in [0, 0.05) is 17.7 Å². The average molecular weight is 726 g/mol. The van der Waals surface area contributed by atoms with Crippen molar-refractivity contribution in [1.82, 2.24) is 25.2 Å². The van der Waals surface area contributed by atoms with Crippen LogP contribution >= 0.6 is 0 Å². The highest BCUT2D eigenvalue weighted by Gasteiger charge is 2.63. The first kappa shape index (κ1) is 36.4. The summed E-state index contributed by atoms with van der Waals surface area (Å²) in [6, 6.07) is 5.01. The highest BCUT2D eigenvalue weighted by molar-refractivity contribution is 7.91. The van der Waals surface area contributed by atoms with E-state index in [1.165, 1.54) is 4.90 Å². The fourth-order valence-corrected chi connectivity index (χ4v) is 8.64. The zero-order valence-electron chi connectivity index (χ0n) is 29.4. The standard InChI is InChI=1S/C36H47N5O9S/c1-5-49-25-10-11-28-23(15-25)16-26(19-37-28)50-27-17-29-31(42)39-36(33(44)40-51(47,48)35(4)12-13-35)18-24(36)9-7-6-8-21(2)14-22(3)30(38-34(45)46)32(43)41(29)20-27/h7,9-11,15-16,19,21-22,24,27,29-30,38H,5-6,8,12-14,17-18,20H2,1-4H3,(H,39,42)(H,40,44)(H,45,46)/b9-7-/t21-,22-,24-,27-,29+,30+,36-/m1/s1. The van der Waals surface area contributed by atoms with E-state index in [-0.39, 0.29) is 25.3 Å². The molecule has 4 amide bonds. The van der Waals surface area contributed by atoms with E-state index in [1.54, 1.807) is 19.2 Å². The van der Waals surface area contributed by atoms with Crippen LogP contribution < -0.4 is 24.8 Å². The molecular formula is C36H47N5O9S.